The van der Waals surface area contributed by atoms with Crippen molar-refractivity contribution in [3.8, 4) is 17.2 Å². The largest absolute Gasteiger partial charge is 0.493 e. The lowest BCUT2D eigenvalue weighted by molar-refractivity contribution is -0.232. The summed E-state index contributed by atoms with van der Waals surface area (Å²) in [4.78, 5) is 40.2. The molecule has 0 N–H and O–H groups in total. The van der Waals surface area contributed by atoms with Gasteiger partial charge in [0, 0.05) is 19.4 Å². The highest BCUT2D eigenvalue weighted by atomic mass is 16.7. The molecular weight excluding hydrogens is 526 g/mol. The number of amides is 2. The molecule has 2 bridgehead atoms. The van der Waals surface area contributed by atoms with Gasteiger partial charge in [0.1, 0.15) is 23.0 Å². The highest BCUT2D eigenvalue weighted by Crippen LogP contribution is 2.52. The monoisotopic (exact) mass is 553 g/mol. The molecule has 208 valence electrons. The van der Waals surface area contributed by atoms with Crippen molar-refractivity contribution in [1.82, 2.24) is 4.90 Å². The van der Waals surface area contributed by atoms with Crippen LogP contribution in [0.25, 0.3) is 11.0 Å². The fourth-order valence-corrected chi connectivity index (χ4v) is 6.18. The van der Waals surface area contributed by atoms with Crippen LogP contribution < -0.4 is 19.8 Å². The minimum Gasteiger partial charge on any atom is -0.493 e. The topological polar surface area (TPSA) is 105 Å². The highest BCUT2D eigenvalue weighted by molar-refractivity contribution is 6.21. The zero-order valence-corrected chi connectivity index (χ0v) is 22.6. The number of hydrogen-bond donors (Lipinski definition) is 0. The fourth-order valence-electron chi connectivity index (χ4n) is 6.18. The minimum absolute atomic E-state index is 0.270. The molecule has 41 heavy (non-hydrogen) atoms. The summed E-state index contributed by atoms with van der Waals surface area (Å²) in [5.41, 5.74) is 2.80. The number of nitrogens with zero attached hydrogens (tertiary/aromatic N) is 1. The number of ether oxygens (including phenoxy) is 4. The Balaban J connectivity index is 1.22. The maximum absolute atomic E-state index is 13.3. The number of carbonyl (C=O) groups is 2. The summed E-state index contributed by atoms with van der Waals surface area (Å²) in [6, 6.07) is 17.9. The molecule has 1 aromatic heterocycles. The van der Waals surface area contributed by atoms with Crippen LogP contribution in [-0.2, 0) is 11.2 Å². The van der Waals surface area contributed by atoms with Crippen LogP contribution in [0.2, 0.25) is 0 Å². The Hall–Kier alpha value is -4.63. The summed E-state index contributed by atoms with van der Waals surface area (Å²) < 4.78 is 30.0. The number of methoxy groups -OCH3 is 2. The van der Waals surface area contributed by atoms with Crippen molar-refractivity contribution in [3.05, 3.63) is 98.9 Å². The van der Waals surface area contributed by atoms with Gasteiger partial charge >= 0.3 is 5.63 Å². The third kappa shape index (κ3) is 3.91. The molecule has 3 aliphatic rings. The average Bonchev–Trinajstić information content (AvgIpc) is 3.23. The molecule has 9 heteroatoms. The van der Waals surface area contributed by atoms with E-state index >= 15 is 0 Å². The van der Waals surface area contributed by atoms with Gasteiger partial charge in [-0.25, -0.2) is 4.79 Å². The van der Waals surface area contributed by atoms with Gasteiger partial charge in [-0.2, -0.15) is 0 Å². The number of fused-ring (bicyclic) bond motifs is 9. The van der Waals surface area contributed by atoms with Gasteiger partial charge in [0.15, 0.2) is 11.5 Å². The summed E-state index contributed by atoms with van der Waals surface area (Å²) in [5, 5.41) is 0.690. The summed E-state index contributed by atoms with van der Waals surface area (Å²) >= 11 is 0. The second-order valence-corrected chi connectivity index (χ2v) is 10.5. The standard InChI is InChI=1S/C32H27NO8/c1-37-24-15-18-17-32(13-7-8-14-33-29(34)19-9-3-4-10-20(19)30(33)35)40-27-21-11-5-6-12-23(21)39-31(36)26(27)28(41-32)22(18)16-25(24)38-2/h3-6,9-12,15-16,28H,7-8,13-14,17H2,1-2H3/t28?,32-/m1/s1. The third-order valence-electron chi connectivity index (χ3n) is 8.14. The van der Waals surface area contributed by atoms with Crippen molar-refractivity contribution in [2.45, 2.75) is 37.6 Å². The van der Waals surface area contributed by atoms with E-state index in [9.17, 15) is 14.4 Å². The number of rotatable bonds is 7. The van der Waals surface area contributed by atoms with E-state index in [1.807, 2.05) is 24.3 Å². The Kier molecular flexibility index (Phi) is 5.86. The summed E-state index contributed by atoms with van der Waals surface area (Å²) in [5.74, 6) is -0.0707. The lowest BCUT2D eigenvalue weighted by Gasteiger charge is -2.46. The molecule has 7 rings (SSSR count). The summed E-state index contributed by atoms with van der Waals surface area (Å²) in [6.07, 6.45) is 1.31. The fraction of sp³-hybridized carbons (Fsp3) is 0.281. The first-order valence-corrected chi connectivity index (χ1v) is 13.6. The van der Waals surface area contributed by atoms with Gasteiger partial charge in [0.2, 0.25) is 5.79 Å². The molecule has 0 aliphatic carbocycles. The minimum atomic E-state index is -1.08. The molecule has 0 fully saturated rings. The van der Waals surface area contributed by atoms with Gasteiger partial charge in [-0.1, -0.05) is 24.3 Å². The molecule has 3 aromatic carbocycles. The van der Waals surface area contributed by atoms with Crippen LogP contribution in [0.3, 0.4) is 0 Å². The Labute approximate surface area is 235 Å². The Morgan fingerprint density at radius 3 is 2.32 bits per heavy atom. The number of unbranched alkanes of at least 4 members (excludes halogenated alkanes) is 1. The van der Waals surface area contributed by atoms with E-state index in [0.717, 1.165) is 11.1 Å². The summed E-state index contributed by atoms with van der Waals surface area (Å²) in [7, 11) is 3.14. The highest BCUT2D eigenvalue weighted by Gasteiger charge is 2.49. The molecule has 1 unspecified atom stereocenters. The lowest BCUT2D eigenvalue weighted by Crippen LogP contribution is -2.50. The van der Waals surface area contributed by atoms with Gasteiger partial charge in [-0.05, 0) is 60.4 Å². The molecular formula is C32H27NO8. The first-order valence-electron chi connectivity index (χ1n) is 13.6. The van der Waals surface area contributed by atoms with Crippen molar-refractivity contribution in [2.24, 2.45) is 0 Å². The van der Waals surface area contributed by atoms with Gasteiger partial charge < -0.3 is 23.4 Å². The maximum Gasteiger partial charge on any atom is 0.346 e. The molecule has 4 heterocycles. The van der Waals surface area contributed by atoms with Crippen LogP contribution in [0.4, 0.5) is 0 Å². The molecule has 9 nitrogen and oxygen atoms in total. The molecule has 2 amide bonds. The predicted octanol–water partition coefficient (Wildman–Crippen LogP) is 5.03. The van der Waals surface area contributed by atoms with E-state index in [1.54, 1.807) is 50.6 Å². The Morgan fingerprint density at radius 2 is 1.59 bits per heavy atom. The average molecular weight is 554 g/mol. The van der Waals surface area contributed by atoms with Crippen LogP contribution >= 0.6 is 0 Å². The number of carbonyl (C=O) groups excluding carboxylic acids is 2. The van der Waals surface area contributed by atoms with Crippen molar-refractivity contribution in [3.63, 3.8) is 0 Å². The SMILES string of the molecule is COc1cc2c(cc1OC)C1O[C@](CCCCN3C(=O)c4ccccc4C3=O)(C2)Oc2c1c(=O)oc1ccccc21. The van der Waals surface area contributed by atoms with Gasteiger partial charge in [0.25, 0.3) is 11.8 Å². The van der Waals surface area contributed by atoms with Crippen LogP contribution in [0, 0.1) is 0 Å². The molecule has 0 saturated carbocycles. The molecule has 3 aliphatic heterocycles. The maximum atomic E-state index is 13.3. The molecule has 2 atom stereocenters. The van der Waals surface area contributed by atoms with E-state index in [-0.39, 0.29) is 18.4 Å². The van der Waals surface area contributed by atoms with Crippen molar-refractivity contribution in [1.29, 1.82) is 0 Å². The zero-order valence-electron chi connectivity index (χ0n) is 22.6. The molecule has 4 aromatic rings. The van der Waals surface area contributed by atoms with Crippen LogP contribution in [-0.4, -0.2) is 43.3 Å². The smallest absolute Gasteiger partial charge is 0.346 e. The quantitative estimate of drug-likeness (QED) is 0.178. The van der Waals surface area contributed by atoms with Crippen LogP contribution in [0.1, 0.15) is 62.8 Å². The normalized spacial score (nSPS) is 20.3. The van der Waals surface area contributed by atoms with Gasteiger partial charge in [-0.15, -0.1) is 0 Å². The second-order valence-electron chi connectivity index (χ2n) is 10.5. The van der Waals surface area contributed by atoms with E-state index in [1.165, 1.54) is 4.90 Å². The Morgan fingerprint density at radius 1 is 0.902 bits per heavy atom. The summed E-state index contributed by atoms with van der Waals surface area (Å²) in [6.45, 7) is 0.288. The number of hydrogen-bond acceptors (Lipinski definition) is 8. The number of imide groups is 1. The first kappa shape index (κ1) is 25.3. The Bertz CT molecular complexity index is 1760. The van der Waals surface area contributed by atoms with Gasteiger partial charge in [-0.3, -0.25) is 14.5 Å². The van der Waals surface area contributed by atoms with E-state index in [2.05, 4.69) is 0 Å². The lowest BCUT2D eigenvalue weighted by atomic mass is 9.85. The van der Waals surface area contributed by atoms with Crippen molar-refractivity contribution >= 4 is 22.8 Å². The first-order chi connectivity index (χ1) is 19.9. The van der Waals surface area contributed by atoms with Crippen LogP contribution in [0.5, 0.6) is 17.2 Å². The van der Waals surface area contributed by atoms with E-state index < -0.39 is 17.5 Å². The van der Waals surface area contributed by atoms with Crippen molar-refractivity contribution < 1.29 is 33.0 Å². The second kappa shape index (κ2) is 9.49. The molecule has 0 spiro atoms. The molecule has 0 saturated heterocycles. The predicted molar refractivity (Wildman–Crippen MR) is 148 cm³/mol. The third-order valence-corrected chi connectivity index (χ3v) is 8.14. The van der Waals surface area contributed by atoms with Crippen LogP contribution in [0.15, 0.2) is 69.9 Å². The van der Waals surface area contributed by atoms with Gasteiger partial charge in [0.05, 0.1) is 30.7 Å². The molecule has 0 radical (unpaired) electrons. The van der Waals surface area contributed by atoms with E-state index in [0.29, 0.717) is 70.6 Å². The van der Waals surface area contributed by atoms with Crippen molar-refractivity contribution in [2.75, 3.05) is 20.8 Å². The number of para-hydroxylation sites is 1. The number of benzene rings is 3. The zero-order chi connectivity index (χ0) is 28.3. The van der Waals surface area contributed by atoms with E-state index in [4.69, 9.17) is 23.4 Å².